The summed E-state index contributed by atoms with van der Waals surface area (Å²) in [6, 6.07) is 11.3. The number of nitrogens with one attached hydrogen (secondary N) is 1. The second kappa shape index (κ2) is 8.08. The molecule has 1 atom stereocenters. The highest BCUT2D eigenvalue weighted by molar-refractivity contribution is 9.10. The molecule has 150 valence electrons. The Morgan fingerprint density at radius 2 is 2.07 bits per heavy atom. The van der Waals surface area contributed by atoms with Gasteiger partial charge in [0.2, 0.25) is 0 Å². The van der Waals surface area contributed by atoms with Crippen molar-refractivity contribution < 1.29 is 14.3 Å². The van der Waals surface area contributed by atoms with Gasteiger partial charge in [0.1, 0.15) is 5.70 Å². The molecule has 29 heavy (non-hydrogen) atoms. The van der Waals surface area contributed by atoms with Crippen LogP contribution in [-0.4, -0.2) is 36.1 Å². The van der Waals surface area contributed by atoms with Gasteiger partial charge in [-0.3, -0.25) is 15.1 Å². The molecule has 2 heterocycles. The molecule has 0 spiro atoms. The molecule has 2 aromatic carbocycles. The largest absolute Gasteiger partial charge is 0.493 e. The molecule has 2 aliphatic heterocycles. The van der Waals surface area contributed by atoms with Crippen molar-refractivity contribution in [2.45, 2.75) is 13.1 Å². The fourth-order valence-electron chi connectivity index (χ4n) is 3.28. The summed E-state index contributed by atoms with van der Waals surface area (Å²) in [7, 11) is 1.60. The van der Waals surface area contributed by atoms with Gasteiger partial charge >= 0.3 is 0 Å². The molecule has 2 aliphatic rings. The minimum Gasteiger partial charge on any atom is -0.493 e. The summed E-state index contributed by atoms with van der Waals surface area (Å²) in [5, 5.41) is 11.1. The molecule has 0 fully saturated rings. The number of nitrogens with zero attached hydrogens (tertiary/aromatic N) is 3. The molecule has 1 N–H and O–H groups in total. The van der Waals surface area contributed by atoms with Gasteiger partial charge in [-0.15, -0.1) is 5.10 Å². The number of fused-ring (bicyclic) bond motifs is 2. The Balaban J connectivity index is 1.94. The first-order chi connectivity index (χ1) is 14.0. The van der Waals surface area contributed by atoms with E-state index in [1.54, 1.807) is 12.1 Å². The van der Waals surface area contributed by atoms with Gasteiger partial charge in [0, 0.05) is 15.3 Å². The highest BCUT2D eigenvalue weighted by Crippen LogP contribution is 2.36. The van der Waals surface area contributed by atoms with Crippen LogP contribution in [0.3, 0.4) is 0 Å². The van der Waals surface area contributed by atoms with Gasteiger partial charge in [-0.2, -0.15) is 0 Å². The zero-order valence-corrected chi connectivity index (χ0v) is 18.5. The van der Waals surface area contributed by atoms with Crippen molar-refractivity contribution in [2.24, 2.45) is 10.1 Å². The number of carbonyl (C=O) groups is 1. The highest BCUT2D eigenvalue weighted by Gasteiger charge is 2.34. The average Bonchev–Trinajstić information content (AvgIpc) is 2.73. The van der Waals surface area contributed by atoms with Crippen molar-refractivity contribution in [1.29, 1.82) is 0 Å². The van der Waals surface area contributed by atoms with Crippen molar-refractivity contribution in [3.63, 3.8) is 0 Å². The maximum atomic E-state index is 12.9. The number of methoxy groups -OCH3 is 1. The summed E-state index contributed by atoms with van der Waals surface area (Å²) in [4.78, 5) is 17.8. The van der Waals surface area contributed by atoms with Crippen LogP contribution in [0, 0.1) is 0 Å². The van der Waals surface area contributed by atoms with Crippen LogP contribution in [0.15, 0.2) is 51.0 Å². The van der Waals surface area contributed by atoms with Crippen molar-refractivity contribution >= 4 is 44.5 Å². The Bertz CT molecular complexity index is 1140. The molecular formula is C20H19BrN4O3S. The molecule has 1 amide bonds. The lowest BCUT2D eigenvalue weighted by Gasteiger charge is -2.34. The smallest absolute Gasteiger partial charge is 0.276 e. The molecule has 0 bridgehead atoms. The SMILES string of the molecule is CCOc1cc(C2N=c3ccc(Br)cc3=C3C(=O)NC(SC)=NN32)ccc1OC. The molecule has 0 aromatic heterocycles. The predicted molar refractivity (Wildman–Crippen MR) is 116 cm³/mol. The molecule has 1 unspecified atom stereocenters. The molecule has 4 rings (SSSR count). The average molecular weight is 475 g/mol. The minimum atomic E-state index is -0.503. The summed E-state index contributed by atoms with van der Waals surface area (Å²) in [5.74, 6) is 1.06. The van der Waals surface area contributed by atoms with Gasteiger partial charge < -0.3 is 9.47 Å². The summed E-state index contributed by atoms with van der Waals surface area (Å²) in [6.07, 6.45) is 1.36. The summed E-state index contributed by atoms with van der Waals surface area (Å²) < 4.78 is 12.0. The first-order valence-corrected chi connectivity index (χ1v) is 11.0. The van der Waals surface area contributed by atoms with E-state index in [1.165, 1.54) is 11.8 Å². The molecule has 7 nitrogen and oxygen atoms in total. The van der Waals surface area contributed by atoms with Gasteiger partial charge in [-0.25, -0.2) is 5.01 Å². The first-order valence-electron chi connectivity index (χ1n) is 8.97. The van der Waals surface area contributed by atoms with Crippen LogP contribution in [0.4, 0.5) is 0 Å². The van der Waals surface area contributed by atoms with Crippen LogP contribution in [0.25, 0.3) is 5.70 Å². The summed E-state index contributed by atoms with van der Waals surface area (Å²) in [6.45, 7) is 2.43. The van der Waals surface area contributed by atoms with E-state index in [1.807, 2.05) is 49.6 Å². The van der Waals surface area contributed by atoms with Crippen LogP contribution in [-0.2, 0) is 4.79 Å². The summed E-state index contributed by atoms with van der Waals surface area (Å²) in [5.41, 5.74) is 1.31. The van der Waals surface area contributed by atoms with E-state index in [-0.39, 0.29) is 5.91 Å². The Hall–Kier alpha value is -2.52. The minimum absolute atomic E-state index is 0.206. The lowest BCUT2D eigenvalue weighted by Crippen LogP contribution is -2.50. The molecule has 0 radical (unpaired) electrons. The number of thioether (sulfide) groups is 1. The number of halogens is 1. The van der Waals surface area contributed by atoms with E-state index >= 15 is 0 Å². The van der Waals surface area contributed by atoms with Gasteiger partial charge in [-0.05, 0) is 43.5 Å². The third-order valence-corrected chi connectivity index (χ3v) is 5.61. The fraction of sp³-hybridized carbons (Fsp3) is 0.250. The van der Waals surface area contributed by atoms with Crippen LogP contribution >= 0.6 is 27.7 Å². The van der Waals surface area contributed by atoms with Gasteiger partial charge in [-0.1, -0.05) is 33.8 Å². The Labute approximate surface area is 180 Å². The number of hydrazone groups is 1. The van der Waals surface area contributed by atoms with Gasteiger partial charge in [0.25, 0.3) is 5.91 Å². The fourth-order valence-corrected chi connectivity index (χ4v) is 4.01. The number of amidine groups is 1. The topological polar surface area (TPSA) is 75.5 Å². The Kier molecular flexibility index (Phi) is 5.51. The van der Waals surface area contributed by atoms with Gasteiger partial charge in [0.05, 0.1) is 19.1 Å². The molecule has 0 saturated heterocycles. The second-order valence-electron chi connectivity index (χ2n) is 6.26. The molecular weight excluding hydrogens is 456 g/mol. The van der Waals surface area contributed by atoms with Crippen molar-refractivity contribution in [2.75, 3.05) is 20.0 Å². The normalized spacial score (nSPS) is 17.6. The zero-order valence-electron chi connectivity index (χ0n) is 16.1. The second-order valence-corrected chi connectivity index (χ2v) is 7.97. The Morgan fingerprint density at radius 3 is 2.79 bits per heavy atom. The maximum absolute atomic E-state index is 12.9. The van der Waals surface area contributed by atoms with E-state index < -0.39 is 6.17 Å². The van der Waals surface area contributed by atoms with Crippen molar-refractivity contribution in [1.82, 2.24) is 10.3 Å². The van der Waals surface area contributed by atoms with Crippen LogP contribution in [0.1, 0.15) is 18.7 Å². The summed E-state index contributed by atoms with van der Waals surface area (Å²) >= 11 is 4.85. The number of hydrogen-bond acceptors (Lipinski definition) is 7. The quantitative estimate of drug-likeness (QED) is 0.735. The number of ether oxygens (including phenoxy) is 2. The van der Waals surface area contributed by atoms with Gasteiger partial charge in [0.15, 0.2) is 22.8 Å². The first kappa shape index (κ1) is 19.8. The molecule has 0 aliphatic carbocycles. The molecule has 0 saturated carbocycles. The van der Waals surface area contributed by atoms with E-state index in [9.17, 15) is 4.79 Å². The molecule has 9 heteroatoms. The number of carbonyl (C=O) groups excluding carboxylic acids is 1. The predicted octanol–water partition coefficient (Wildman–Crippen LogP) is 2.36. The van der Waals surface area contributed by atoms with Crippen LogP contribution < -0.4 is 25.4 Å². The van der Waals surface area contributed by atoms with Crippen LogP contribution in [0.2, 0.25) is 0 Å². The lowest BCUT2D eigenvalue weighted by atomic mass is 10.1. The highest BCUT2D eigenvalue weighted by atomic mass is 79.9. The standard InChI is InChI=1S/C20H19BrN4O3S/c1-4-28-16-9-11(5-8-15(16)27-2)18-22-14-7-6-12(21)10-13(14)17-19(26)23-20(29-3)24-25(17)18/h5-10,18H,4H2,1-3H3,(H,23,24,26). The zero-order chi connectivity index (χ0) is 20.5. The van der Waals surface area contributed by atoms with E-state index in [4.69, 9.17) is 14.5 Å². The molecule has 2 aromatic rings. The maximum Gasteiger partial charge on any atom is 0.276 e. The monoisotopic (exact) mass is 474 g/mol. The third-order valence-electron chi connectivity index (χ3n) is 4.55. The number of hydrogen-bond donors (Lipinski definition) is 1. The Morgan fingerprint density at radius 1 is 1.24 bits per heavy atom. The number of benzene rings is 2. The third kappa shape index (κ3) is 3.60. The van der Waals surface area contributed by atoms with Crippen molar-refractivity contribution in [3.8, 4) is 11.5 Å². The lowest BCUT2D eigenvalue weighted by molar-refractivity contribution is -0.116. The van der Waals surface area contributed by atoms with E-state index in [0.29, 0.717) is 29.0 Å². The number of amides is 1. The van der Waals surface area contributed by atoms with E-state index in [0.717, 1.165) is 20.6 Å². The number of rotatable bonds is 4. The van der Waals surface area contributed by atoms with Crippen molar-refractivity contribution in [3.05, 3.63) is 57.0 Å². The van der Waals surface area contributed by atoms with E-state index in [2.05, 4.69) is 26.3 Å². The van der Waals surface area contributed by atoms with Crippen LogP contribution in [0.5, 0.6) is 11.5 Å².